The lowest BCUT2D eigenvalue weighted by Crippen LogP contribution is -2.21. The number of carbonyl (C=O) groups is 2. The van der Waals surface area contributed by atoms with Crippen molar-refractivity contribution in [2.75, 3.05) is 11.9 Å². The first-order chi connectivity index (χ1) is 13.3. The van der Waals surface area contributed by atoms with Crippen molar-refractivity contribution >= 4 is 40.5 Å². The highest BCUT2D eigenvalue weighted by Gasteiger charge is 2.19. The Hall–Kier alpha value is -2.77. The summed E-state index contributed by atoms with van der Waals surface area (Å²) in [5.74, 6) is -1.46. The average Bonchev–Trinajstić information content (AvgIpc) is 3.06. The molecule has 144 valence electrons. The van der Waals surface area contributed by atoms with Gasteiger partial charge in [-0.1, -0.05) is 17.7 Å². The van der Waals surface area contributed by atoms with Gasteiger partial charge >= 0.3 is 5.97 Å². The van der Waals surface area contributed by atoms with Gasteiger partial charge < -0.3 is 10.1 Å². The van der Waals surface area contributed by atoms with Crippen LogP contribution in [0.15, 0.2) is 42.5 Å². The van der Waals surface area contributed by atoms with Gasteiger partial charge in [0.2, 0.25) is 0 Å². The Bertz CT molecular complexity index is 1030. The summed E-state index contributed by atoms with van der Waals surface area (Å²) in [6.45, 7) is 3.02. The zero-order valence-corrected chi connectivity index (χ0v) is 16.7. The molecule has 5 nitrogen and oxygen atoms in total. The van der Waals surface area contributed by atoms with E-state index in [0.717, 1.165) is 16.9 Å². The predicted molar refractivity (Wildman–Crippen MR) is 107 cm³/mol. The second-order valence-corrected chi connectivity index (χ2v) is 7.38. The van der Waals surface area contributed by atoms with E-state index in [1.807, 2.05) is 0 Å². The highest BCUT2D eigenvalue weighted by Crippen LogP contribution is 2.28. The number of hydrogen-bond acceptors (Lipinski definition) is 5. The van der Waals surface area contributed by atoms with E-state index in [1.54, 1.807) is 44.2 Å². The number of amides is 1. The molecule has 28 heavy (non-hydrogen) atoms. The van der Waals surface area contributed by atoms with Crippen LogP contribution in [0.5, 0.6) is 0 Å². The SMILES string of the molecule is Cc1nc(-c2ccc(F)cc2)sc1C(=O)OCC(=O)Nc1cccc(Cl)c1C. The molecular formula is C20H16ClFN2O3S. The number of nitrogens with zero attached hydrogens (tertiary/aromatic N) is 1. The van der Waals surface area contributed by atoms with E-state index in [9.17, 15) is 14.0 Å². The molecule has 0 unspecified atom stereocenters. The Morgan fingerprint density at radius 3 is 2.61 bits per heavy atom. The Balaban J connectivity index is 1.64. The van der Waals surface area contributed by atoms with E-state index < -0.39 is 18.5 Å². The van der Waals surface area contributed by atoms with Gasteiger partial charge in [0.15, 0.2) is 6.61 Å². The van der Waals surface area contributed by atoms with Crippen molar-refractivity contribution in [2.24, 2.45) is 0 Å². The van der Waals surface area contributed by atoms with E-state index in [4.69, 9.17) is 16.3 Å². The molecule has 1 N–H and O–H groups in total. The number of ether oxygens (including phenoxy) is 1. The molecule has 0 fully saturated rings. The number of halogens is 2. The zero-order chi connectivity index (χ0) is 20.3. The maximum absolute atomic E-state index is 13.1. The quantitative estimate of drug-likeness (QED) is 0.591. The van der Waals surface area contributed by atoms with Gasteiger partial charge in [-0.2, -0.15) is 0 Å². The molecule has 0 atom stereocenters. The van der Waals surface area contributed by atoms with Crippen LogP contribution in [0.1, 0.15) is 20.9 Å². The van der Waals surface area contributed by atoms with Crippen molar-refractivity contribution < 1.29 is 18.7 Å². The number of benzene rings is 2. The highest BCUT2D eigenvalue weighted by molar-refractivity contribution is 7.17. The maximum atomic E-state index is 13.1. The molecule has 3 aromatic rings. The molecule has 0 spiro atoms. The molecule has 0 aliphatic heterocycles. The summed E-state index contributed by atoms with van der Waals surface area (Å²) in [6, 6.07) is 11.0. The third-order valence-corrected chi connectivity index (χ3v) is 5.55. The summed E-state index contributed by atoms with van der Waals surface area (Å²) in [5, 5.41) is 3.76. The first kappa shape index (κ1) is 20.0. The van der Waals surface area contributed by atoms with Crippen LogP contribution in [0.3, 0.4) is 0 Å². The summed E-state index contributed by atoms with van der Waals surface area (Å²) < 4.78 is 18.2. The zero-order valence-electron chi connectivity index (χ0n) is 15.1. The number of rotatable bonds is 5. The van der Waals surface area contributed by atoms with Crippen molar-refractivity contribution in [1.29, 1.82) is 0 Å². The van der Waals surface area contributed by atoms with Gasteiger partial charge in [0.05, 0.1) is 5.69 Å². The summed E-state index contributed by atoms with van der Waals surface area (Å²) in [4.78, 5) is 29.0. The van der Waals surface area contributed by atoms with Crippen LogP contribution in [-0.4, -0.2) is 23.5 Å². The molecule has 0 bridgehead atoms. The van der Waals surface area contributed by atoms with Crippen molar-refractivity contribution in [2.45, 2.75) is 13.8 Å². The minimum Gasteiger partial charge on any atom is -0.451 e. The molecule has 1 amide bonds. The van der Waals surface area contributed by atoms with Crippen LogP contribution in [0.4, 0.5) is 10.1 Å². The number of esters is 1. The van der Waals surface area contributed by atoms with Gasteiger partial charge in [-0.25, -0.2) is 14.2 Å². The van der Waals surface area contributed by atoms with E-state index in [0.29, 0.717) is 31.9 Å². The Morgan fingerprint density at radius 2 is 1.89 bits per heavy atom. The molecular weight excluding hydrogens is 403 g/mol. The fraction of sp³-hybridized carbons (Fsp3) is 0.150. The molecule has 3 rings (SSSR count). The summed E-state index contributed by atoms with van der Waals surface area (Å²) >= 11 is 7.15. The van der Waals surface area contributed by atoms with Crippen LogP contribution >= 0.6 is 22.9 Å². The average molecular weight is 419 g/mol. The van der Waals surface area contributed by atoms with Gasteiger partial charge in [-0.15, -0.1) is 11.3 Å². The first-order valence-corrected chi connectivity index (χ1v) is 9.50. The third-order valence-electron chi connectivity index (χ3n) is 3.95. The molecule has 0 aliphatic rings. The van der Waals surface area contributed by atoms with Crippen molar-refractivity contribution in [3.8, 4) is 10.6 Å². The Kier molecular flexibility index (Phi) is 6.06. The molecule has 2 aromatic carbocycles. The van der Waals surface area contributed by atoms with Crippen LogP contribution in [0.2, 0.25) is 5.02 Å². The van der Waals surface area contributed by atoms with E-state index in [-0.39, 0.29) is 5.82 Å². The smallest absolute Gasteiger partial charge is 0.350 e. The largest absolute Gasteiger partial charge is 0.451 e. The van der Waals surface area contributed by atoms with Crippen LogP contribution in [0, 0.1) is 19.7 Å². The monoisotopic (exact) mass is 418 g/mol. The second kappa shape index (κ2) is 8.50. The molecule has 0 aliphatic carbocycles. The summed E-state index contributed by atoms with van der Waals surface area (Å²) in [5.41, 5.74) is 2.47. The van der Waals surface area contributed by atoms with Crippen molar-refractivity contribution in [3.63, 3.8) is 0 Å². The first-order valence-electron chi connectivity index (χ1n) is 8.30. The van der Waals surface area contributed by atoms with Crippen molar-refractivity contribution in [1.82, 2.24) is 4.98 Å². The summed E-state index contributed by atoms with van der Waals surface area (Å²) in [7, 11) is 0. The standard InChI is InChI=1S/C20H16ClFN2O3S/c1-11-15(21)4-3-5-16(11)24-17(25)10-27-20(26)18-12(2)23-19(28-18)13-6-8-14(22)9-7-13/h3-9H,10H2,1-2H3,(H,24,25). The maximum Gasteiger partial charge on any atom is 0.350 e. The Labute approximate surface area is 170 Å². The van der Waals surface area contributed by atoms with Gasteiger partial charge in [0.1, 0.15) is 15.7 Å². The number of thiazole rings is 1. The predicted octanol–water partition coefficient (Wildman–Crippen LogP) is 5.01. The number of aromatic nitrogens is 1. The molecule has 1 aromatic heterocycles. The number of hydrogen-bond donors (Lipinski definition) is 1. The topological polar surface area (TPSA) is 68.3 Å². The molecule has 0 saturated carbocycles. The van der Waals surface area contributed by atoms with Crippen LogP contribution < -0.4 is 5.32 Å². The lowest BCUT2D eigenvalue weighted by Gasteiger charge is -2.09. The van der Waals surface area contributed by atoms with E-state index >= 15 is 0 Å². The minimum absolute atomic E-state index is 0.297. The van der Waals surface area contributed by atoms with Gasteiger partial charge in [-0.05, 0) is 55.8 Å². The van der Waals surface area contributed by atoms with Gasteiger partial charge in [-0.3, -0.25) is 4.79 Å². The number of nitrogens with one attached hydrogen (secondary N) is 1. The second-order valence-electron chi connectivity index (χ2n) is 5.98. The van der Waals surface area contributed by atoms with Gasteiger partial charge in [0, 0.05) is 16.3 Å². The highest BCUT2D eigenvalue weighted by atomic mass is 35.5. The van der Waals surface area contributed by atoms with E-state index in [1.165, 1.54) is 12.1 Å². The number of anilines is 1. The number of carbonyl (C=O) groups excluding carboxylic acids is 2. The molecule has 0 radical (unpaired) electrons. The number of aryl methyl sites for hydroxylation is 1. The van der Waals surface area contributed by atoms with Crippen molar-refractivity contribution in [3.05, 3.63) is 69.4 Å². The molecule has 0 saturated heterocycles. The van der Waals surface area contributed by atoms with E-state index in [2.05, 4.69) is 10.3 Å². The van der Waals surface area contributed by atoms with Crippen LogP contribution in [-0.2, 0) is 9.53 Å². The third kappa shape index (κ3) is 4.55. The van der Waals surface area contributed by atoms with Crippen LogP contribution in [0.25, 0.3) is 10.6 Å². The molecule has 1 heterocycles. The lowest BCUT2D eigenvalue weighted by molar-refractivity contribution is -0.119. The fourth-order valence-corrected chi connectivity index (χ4v) is 3.57. The fourth-order valence-electron chi connectivity index (χ4n) is 2.43. The normalized spacial score (nSPS) is 10.6. The molecule has 8 heteroatoms. The van der Waals surface area contributed by atoms with Gasteiger partial charge in [0.25, 0.3) is 5.91 Å². The summed E-state index contributed by atoms with van der Waals surface area (Å²) in [6.07, 6.45) is 0. The lowest BCUT2D eigenvalue weighted by atomic mass is 10.2. The minimum atomic E-state index is -0.638. The Morgan fingerprint density at radius 1 is 1.18 bits per heavy atom.